The second kappa shape index (κ2) is 14.7. The van der Waals surface area contributed by atoms with E-state index in [2.05, 4.69) is 0 Å². The number of aliphatic hydroxyl groups is 1. The number of benzene rings is 4. The molecule has 1 fully saturated rings. The lowest BCUT2D eigenvalue weighted by Crippen LogP contribution is -2.62. The van der Waals surface area contributed by atoms with E-state index in [-0.39, 0.29) is 26.4 Å². The van der Waals surface area contributed by atoms with E-state index in [4.69, 9.17) is 23.7 Å². The quantitative estimate of drug-likeness (QED) is 0.241. The van der Waals surface area contributed by atoms with Gasteiger partial charge in [0.15, 0.2) is 12.4 Å². The second-order valence-corrected chi connectivity index (χ2v) is 9.82. The molecule has 1 heterocycles. The van der Waals surface area contributed by atoms with Crippen molar-refractivity contribution >= 4 is 5.97 Å². The zero-order chi connectivity index (χ0) is 28.3. The van der Waals surface area contributed by atoms with Gasteiger partial charge in [0.25, 0.3) is 0 Å². The molecule has 212 valence electrons. The van der Waals surface area contributed by atoms with E-state index >= 15 is 0 Å². The smallest absolute Gasteiger partial charge is 0.338 e. The fourth-order valence-electron chi connectivity index (χ4n) is 4.68. The molecular weight excluding hydrogens is 520 g/mol. The van der Waals surface area contributed by atoms with Crippen molar-refractivity contribution in [2.45, 2.75) is 57.1 Å². The molecule has 0 aliphatic carbocycles. The maximum absolute atomic E-state index is 13.4. The second-order valence-electron chi connectivity index (χ2n) is 9.82. The Balaban J connectivity index is 1.40. The Kier molecular flexibility index (Phi) is 10.3. The molecular formula is C34H34O7. The molecule has 0 aromatic heterocycles. The Morgan fingerprint density at radius 2 is 0.902 bits per heavy atom. The Bertz CT molecular complexity index is 1320. The van der Waals surface area contributed by atoms with E-state index in [1.807, 2.05) is 121 Å². The molecule has 5 atom stereocenters. The summed E-state index contributed by atoms with van der Waals surface area (Å²) in [6.45, 7) is 0.695. The van der Waals surface area contributed by atoms with Crippen LogP contribution in [0.1, 0.15) is 22.3 Å². The number of aliphatic hydroxyl groups excluding tert-OH is 1. The third kappa shape index (κ3) is 8.10. The molecule has 4 aromatic carbocycles. The van der Waals surface area contributed by atoms with Gasteiger partial charge in [-0.15, -0.1) is 0 Å². The summed E-state index contributed by atoms with van der Waals surface area (Å²) >= 11 is 0. The van der Waals surface area contributed by atoms with Crippen molar-refractivity contribution < 1.29 is 33.6 Å². The fourth-order valence-corrected chi connectivity index (χ4v) is 4.68. The maximum atomic E-state index is 13.4. The third-order valence-corrected chi connectivity index (χ3v) is 6.83. The normalized spacial score (nSPS) is 22.2. The van der Waals surface area contributed by atoms with Gasteiger partial charge < -0.3 is 28.8 Å². The van der Waals surface area contributed by atoms with Crippen molar-refractivity contribution in [2.24, 2.45) is 0 Å². The van der Waals surface area contributed by atoms with Gasteiger partial charge in [0.2, 0.25) is 0 Å². The first-order valence-corrected chi connectivity index (χ1v) is 13.7. The monoisotopic (exact) mass is 554 g/mol. The summed E-state index contributed by atoms with van der Waals surface area (Å²) in [5, 5.41) is 11.1. The van der Waals surface area contributed by atoms with Crippen LogP contribution in [0.25, 0.3) is 0 Å². The Hall–Kier alpha value is -3.85. The highest BCUT2D eigenvalue weighted by molar-refractivity contribution is 5.76. The number of ether oxygens (including phenoxy) is 5. The minimum absolute atomic E-state index is 0.0600. The highest BCUT2D eigenvalue weighted by Crippen LogP contribution is 2.30. The Labute approximate surface area is 240 Å². The molecule has 0 saturated carbocycles. The molecule has 1 saturated heterocycles. The van der Waals surface area contributed by atoms with Gasteiger partial charge in [-0.25, -0.2) is 4.79 Å². The van der Waals surface area contributed by atoms with Crippen molar-refractivity contribution in [1.82, 2.24) is 0 Å². The molecule has 0 unspecified atom stereocenters. The van der Waals surface area contributed by atoms with Crippen molar-refractivity contribution in [1.29, 1.82) is 0 Å². The summed E-state index contributed by atoms with van der Waals surface area (Å²) in [6.07, 6.45) is -5.40. The van der Waals surface area contributed by atoms with Crippen molar-refractivity contribution in [3.8, 4) is 0 Å². The fraction of sp³-hybridized carbons (Fsp3) is 0.265. The average Bonchev–Trinajstić information content (AvgIpc) is 3.03. The van der Waals surface area contributed by atoms with Crippen LogP contribution in [0.15, 0.2) is 121 Å². The van der Waals surface area contributed by atoms with Gasteiger partial charge in [0.1, 0.15) is 24.9 Å². The Morgan fingerprint density at radius 3 is 1.34 bits per heavy atom. The van der Waals surface area contributed by atoms with Crippen LogP contribution in [-0.4, -0.2) is 41.8 Å². The van der Waals surface area contributed by atoms with E-state index in [1.165, 1.54) is 0 Å². The number of rotatable bonds is 12. The van der Waals surface area contributed by atoms with Gasteiger partial charge in [-0.1, -0.05) is 121 Å². The zero-order valence-electron chi connectivity index (χ0n) is 22.7. The van der Waals surface area contributed by atoms with E-state index in [1.54, 1.807) is 0 Å². The number of hydrogen-bond acceptors (Lipinski definition) is 7. The molecule has 7 heteroatoms. The average molecular weight is 555 g/mol. The minimum atomic E-state index is -1.45. The highest BCUT2D eigenvalue weighted by Gasteiger charge is 2.51. The standard InChI is InChI=1S/C34H34O7/c35-33(40-24-28-19-11-4-12-20-28)32-30(38-22-26-15-7-2-8-16-26)29(37-21-25-13-5-1-6-14-25)31(34(36)41-32)39-23-27-17-9-3-10-18-27/h1-20,29-32,34,36H,21-24H2/t29-,30+,31+,32-,34-/m0/s1. The van der Waals surface area contributed by atoms with E-state index in [9.17, 15) is 9.90 Å². The van der Waals surface area contributed by atoms with Crippen LogP contribution in [0.5, 0.6) is 0 Å². The van der Waals surface area contributed by atoms with E-state index < -0.39 is 36.7 Å². The maximum Gasteiger partial charge on any atom is 0.338 e. The largest absolute Gasteiger partial charge is 0.459 e. The predicted molar refractivity (Wildman–Crippen MR) is 152 cm³/mol. The van der Waals surface area contributed by atoms with Crippen molar-refractivity contribution in [3.05, 3.63) is 144 Å². The first-order chi connectivity index (χ1) is 20.2. The third-order valence-electron chi connectivity index (χ3n) is 6.83. The van der Waals surface area contributed by atoms with Crippen LogP contribution in [0.3, 0.4) is 0 Å². The lowest BCUT2D eigenvalue weighted by molar-refractivity contribution is -0.309. The van der Waals surface area contributed by atoms with E-state index in [0.717, 1.165) is 22.3 Å². The molecule has 1 N–H and O–H groups in total. The molecule has 4 aromatic rings. The number of carbonyl (C=O) groups is 1. The molecule has 0 bridgehead atoms. The molecule has 1 aliphatic rings. The first kappa shape index (κ1) is 28.7. The topological polar surface area (TPSA) is 83.5 Å². The summed E-state index contributed by atoms with van der Waals surface area (Å²) in [7, 11) is 0. The van der Waals surface area contributed by atoms with Crippen molar-refractivity contribution in [3.63, 3.8) is 0 Å². The van der Waals surface area contributed by atoms with Gasteiger partial charge in [0, 0.05) is 0 Å². The number of carbonyl (C=O) groups excluding carboxylic acids is 1. The molecule has 0 radical (unpaired) electrons. The minimum Gasteiger partial charge on any atom is -0.459 e. The summed E-state index contributed by atoms with van der Waals surface area (Å²) < 4.78 is 30.4. The highest BCUT2D eigenvalue weighted by atomic mass is 16.7. The van der Waals surface area contributed by atoms with Crippen LogP contribution in [0, 0.1) is 0 Å². The first-order valence-electron chi connectivity index (χ1n) is 13.7. The SMILES string of the molecule is O=C(OCc1ccccc1)[C@H]1O[C@H](O)[C@H](OCc2ccccc2)[C@@H](OCc2ccccc2)[C@H]1OCc1ccccc1. The molecule has 41 heavy (non-hydrogen) atoms. The molecule has 5 rings (SSSR count). The van der Waals surface area contributed by atoms with E-state index in [0.29, 0.717) is 0 Å². The lowest BCUT2D eigenvalue weighted by Gasteiger charge is -2.43. The van der Waals surface area contributed by atoms with Gasteiger partial charge in [0.05, 0.1) is 19.8 Å². The summed E-state index contributed by atoms with van der Waals surface area (Å²) in [4.78, 5) is 13.4. The number of hydrogen-bond donors (Lipinski definition) is 1. The van der Waals surface area contributed by atoms with Gasteiger partial charge in [-0.2, -0.15) is 0 Å². The summed E-state index contributed by atoms with van der Waals surface area (Å²) in [5.74, 6) is -0.652. The molecule has 7 nitrogen and oxygen atoms in total. The van der Waals surface area contributed by atoms with Crippen LogP contribution in [-0.2, 0) is 54.9 Å². The van der Waals surface area contributed by atoms with Crippen LogP contribution in [0.2, 0.25) is 0 Å². The molecule has 0 spiro atoms. The zero-order valence-corrected chi connectivity index (χ0v) is 22.7. The lowest BCUT2D eigenvalue weighted by atomic mass is 9.97. The van der Waals surface area contributed by atoms with Crippen LogP contribution >= 0.6 is 0 Å². The Morgan fingerprint density at radius 1 is 0.537 bits per heavy atom. The summed E-state index contributed by atoms with van der Waals surface area (Å²) in [6, 6.07) is 38.3. The summed E-state index contributed by atoms with van der Waals surface area (Å²) in [5.41, 5.74) is 3.60. The van der Waals surface area contributed by atoms with Gasteiger partial charge >= 0.3 is 5.97 Å². The van der Waals surface area contributed by atoms with Gasteiger partial charge in [-0.3, -0.25) is 0 Å². The molecule has 1 aliphatic heterocycles. The van der Waals surface area contributed by atoms with Gasteiger partial charge in [-0.05, 0) is 22.3 Å². The number of esters is 1. The van der Waals surface area contributed by atoms with Crippen molar-refractivity contribution in [2.75, 3.05) is 0 Å². The molecule has 0 amide bonds. The van der Waals surface area contributed by atoms with Crippen LogP contribution < -0.4 is 0 Å². The van der Waals surface area contributed by atoms with Crippen LogP contribution in [0.4, 0.5) is 0 Å². The predicted octanol–water partition coefficient (Wildman–Crippen LogP) is 5.20.